The highest BCUT2D eigenvalue weighted by Crippen LogP contribution is 2.30. The van der Waals surface area contributed by atoms with E-state index in [0.29, 0.717) is 34.1 Å². The number of hydrogen-bond donors (Lipinski definition) is 2. The van der Waals surface area contributed by atoms with Crippen molar-refractivity contribution in [3.8, 4) is 17.2 Å². The van der Waals surface area contributed by atoms with Gasteiger partial charge >= 0.3 is 12.0 Å². The Bertz CT molecular complexity index is 1900. The van der Waals surface area contributed by atoms with Crippen LogP contribution in [0, 0.1) is 0 Å². The number of rotatable bonds is 15. The largest absolute Gasteiger partial charge is 0.497 e. The molecule has 0 aliphatic heterocycles. The van der Waals surface area contributed by atoms with Crippen molar-refractivity contribution in [1.82, 2.24) is 5.32 Å². The van der Waals surface area contributed by atoms with Gasteiger partial charge in [-0.1, -0.05) is 42.5 Å². The Morgan fingerprint density at radius 1 is 0.698 bits per heavy atom. The van der Waals surface area contributed by atoms with Gasteiger partial charge in [-0.15, -0.1) is 0 Å². The molecule has 4 rings (SSSR count). The number of esters is 1. The normalized spacial score (nSPS) is 11.0. The van der Waals surface area contributed by atoms with Gasteiger partial charge in [-0.2, -0.15) is 0 Å². The van der Waals surface area contributed by atoms with Crippen molar-refractivity contribution in [1.29, 1.82) is 0 Å². The van der Waals surface area contributed by atoms with Crippen molar-refractivity contribution in [3.05, 3.63) is 103 Å². The van der Waals surface area contributed by atoms with Crippen LogP contribution in [0.5, 0.6) is 17.2 Å². The highest BCUT2D eigenvalue weighted by Gasteiger charge is 2.26. The molecule has 2 N–H and O–H groups in total. The Balaban J connectivity index is 1.53. The van der Waals surface area contributed by atoms with E-state index in [9.17, 15) is 24.0 Å². The van der Waals surface area contributed by atoms with E-state index >= 15 is 0 Å². The topological polar surface area (TPSA) is 156 Å². The summed E-state index contributed by atoms with van der Waals surface area (Å²) in [6.45, 7) is 0.350. The maximum absolute atomic E-state index is 13.9. The summed E-state index contributed by atoms with van der Waals surface area (Å²) < 4.78 is 21.4. The lowest BCUT2D eigenvalue weighted by molar-refractivity contribution is -0.142. The van der Waals surface area contributed by atoms with Crippen LogP contribution >= 0.6 is 0 Å². The summed E-state index contributed by atoms with van der Waals surface area (Å²) in [5, 5.41) is 5.20. The number of nitrogens with one attached hydrogen (secondary N) is 2. The van der Waals surface area contributed by atoms with Gasteiger partial charge in [0.15, 0.2) is 6.61 Å². The predicted octanol–water partition coefficient (Wildman–Crippen LogP) is 4.84. The van der Waals surface area contributed by atoms with E-state index in [-0.39, 0.29) is 11.4 Å². The molecule has 5 amide bonds. The molecule has 0 saturated heterocycles. The van der Waals surface area contributed by atoms with Gasteiger partial charge in [0.25, 0.3) is 5.91 Å². The number of hydrogen-bond acceptors (Lipinski definition) is 9. The maximum Gasteiger partial charge on any atom is 0.319 e. The van der Waals surface area contributed by atoms with Gasteiger partial charge in [-0.3, -0.25) is 24.1 Å². The first kappa shape index (κ1) is 39.2. The summed E-state index contributed by atoms with van der Waals surface area (Å²) in [7, 11) is 7.47. The molecule has 4 aromatic carbocycles. The van der Waals surface area contributed by atoms with Crippen molar-refractivity contribution in [3.63, 3.8) is 0 Å². The lowest BCUT2D eigenvalue weighted by atomic mass is 10.0. The number of para-hydroxylation sites is 3. The van der Waals surface area contributed by atoms with E-state index < -0.39 is 55.3 Å². The molecular formula is C39H43N5O9. The van der Waals surface area contributed by atoms with Crippen LogP contribution in [-0.4, -0.2) is 84.8 Å². The fourth-order valence-corrected chi connectivity index (χ4v) is 5.14. The Labute approximate surface area is 308 Å². The molecule has 53 heavy (non-hydrogen) atoms. The molecule has 0 aromatic heterocycles. The zero-order chi connectivity index (χ0) is 38.5. The Morgan fingerprint density at radius 3 is 2.00 bits per heavy atom. The average molecular weight is 726 g/mol. The summed E-state index contributed by atoms with van der Waals surface area (Å²) >= 11 is 0. The number of amides is 5. The molecule has 0 spiro atoms. The summed E-state index contributed by atoms with van der Waals surface area (Å²) in [6.07, 6.45) is 0. The third kappa shape index (κ3) is 10.5. The highest BCUT2D eigenvalue weighted by atomic mass is 16.5. The van der Waals surface area contributed by atoms with Crippen LogP contribution in [0.1, 0.15) is 18.4 Å². The number of carbonyl (C=O) groups excluding carboxylic acids is 5. The van der Waals surface area contributed by atoms with Crippen molar-refractivity contribution in [2.45, 2.75) is 12.8 Å². The molecule has 0 fully saturated rings. The quantitative estimate of drug-likeness (QED) is 0.164. The third-order valence-electron chi connectivity index (χ3n) is 8.32. The molecule has 0 bridgehead atoms. The molecule has 0 aliphatic carbocycles. The van der Waals surface area contributed by atoms with Gasteiger partial charge in [0.1, 0.15) is 23.8 Å². The molecule has 0 radical (unpaired) electrons. The number of methoxy groups -OCH3 is 3. The number of carbonyl (C=O) groups is 5. The molecule has 14 heteroatoms. The standard InChI is InChI=1S/C39H43N5O9/c1-26(38(48)52-6)27-13-12-14-28(19-27)41-39(49)40-23-35(45)44(24-36(46)42(2)29-15-8-7-9-16-29)33-17-10-11-18-34(33)53-25-37(47)43(3)30-20-31(50-4)22-32(21-30)51-5/h7-22,26H,23-25H2,1-6H3,(H2,40,41,49). The molecule has 1 unspecified atom stereocenters. The smallest absolute Gasteiger partial charge is 0.319 e. The van der Waals surface area contributed by atoms with Crippen LogP contribution in [0.2, 0.25) is 0 Å². The van der Waals surface area contributed by atoms with E-state index in [2.05, 4.69) is 10.6 Å². The highest BCUT2D eigenvalue weighted by molar-refractivity contribution is 6.06. The van der Waals surface area contributed by atoms with Crippen molar-refractivity contribution in [2.75, 3.05) is 75.1 Å². The summed E-state index contributed by atoms with van der Waals surface area (Å²) in [5.74, 6) is -1.33. The molecule has 14 nitrogen and oxygen atoms in total. The predicted molar refractivity (Wildman–Crippen MR) is 201 cm³/mol. The molecular weight excluding hydrogens is 682 g/mol. The molecule has 0 saturated carbocycles. The van der Waals surface area contributed by atoms with Crippen molar-refractivity contribution in [2.24, 2.45) is 0 Å². The second-order valence-corrected chi connectivity index (χ2v) is 11.7. The van der Waals surface area contributed by atoms with Gasteiger partial charge in [0.05, 0.1) is 45.2 Å². The molecule has 1 atom stereocenters. The molecule has 0 heterocycles. The SMILES string of the molecule is COC(=O)C(C)c1cccc(NC(=O)NCC(=O)N(CC(=O)N(C)c2ccccc2)c2ccccc2OCC(=O)N(C)c2cc(OC)cc(OC)c2)c1. The van der Waals surface area contributed by atoms with Gasteiger partial charge in [-0.05, 0) is 48.9 Å². The van der Waals surface area contributed by atoms with E-state index in [1.165, 1.54) is 36.0 Å². The summed E-state index contributed by atoms with van der Waals surface area (Å²) in [5.41, 5.74) is 2.34. The molecule has 0 aliphatic rings. The van der Waals surface area contributed by atoms with Crippen LogP contribution < -0.4 is 39.5 Å². The first-order valence-corrected chi connectivity index (χ1v) is 16.5. The summed E-state index contributed by atoms with van der Waals surface area (Å²) in [4.78, 5) is 69.6. The number of likely N-dealkylation sites (N-methyl/N-ethyl adjacent to an activating group) is 2. The average Bonchev–Trinajstić information content (AvgIpc) is 3.19. The van der Waals surface area contributed by atoms with Crippen LogP contribution in [0.25, 0.3) is 0 Å². The van der Waals surface area contributed by atoms with E-state index in [1.807, 2.05) is 6.07 Å². The zero-order valence-corrected chi connectivity index (χ0v) is 30.5. The number of urea groups is 1. The monoisotopic (exact) mass is 725 g/mol. The first-order valence-electron chi connectivity index (χ1n) is 16.5. The Hall–Kier alpha value is -6.57. The first-order chi connectivity index (χ1) is 25.4. The fraction of sp³-hybridized carbons (Fsp3) is 0.256. The van der Waals surface area contributed by atoms with Crippen molar-refractivity contribution < 1.29 is 42.9 Å². The summed E-state index contributed by atoms with van der Waals surface area (Å²) in [6, 6.07) is 26.4. The Morgan fingerprint density at radius 2 is 1.34 bits per heavy atom. The number of ether oxygens (including phenoxy) is 4. The number of benzene rings is 4. The van der Waals surface area contributed by atoms with Gasteiger partial charge in [-0.25, -0.2) is 4.79 Å². The second-order valence-electron chi connectivity index (χ2n) is 11.7. The van der Waals surface area contributed by atoms with E-state index in [4.69, 9.17) is 18.9 Å². The minimum absolute atomic E-state index is 0.155. The van der Waals surface area contributed by atoms with Crippen molar-refractivity contribution >= 4 is 52.5 Å². The van der Waals surface area contributed by atoms with E-state index in [0.717, 1.165) is 0 Å². The second kappa shape index (κ2) is 18.6. The number of nitrogens with zero attached hydrogens (tertiary/aromatic N) is 3. The molecule has 4 aromatic rings. The van der Waals surface area contributed by atoms with Gasteiger partial charge in [0.2, 0.25) is 11.8 Å². The minimum Gasteiger partial charge on any atom is -0.497 e. The van der Waals surface area contributed by atoms with Crippen LogP contribution in [0.4, 0.5) is 27.5 Å². The van der Waals surface area contributed by atoms with Crippen LogP contribution in [0.3, 0.4) is 0 Å². The van der Waals surface area contributed by atoms with Gasteiger partial charge in [0, 0.05) is 43.7 Å². The maximum atomic E-state index is 13.9. The van der Waals surface area contributed by atoms with Crippen LogP contribution in [0.15, 0.2) is 97.1 Å². The lowest BCUT2D eigenvalue weighted by Gasteiger charge is -2.27. The number of anilines is 4. The third-order valence-corrected chi connectivity index (χ3v) is 8.32. The van der Waals surface area contributed by atoms with Crippen LogP contribution in [-0.2, 0) is 23.9 Å². The Kier molecular flexibility index (Phi) is 13.8. The zero-order valence-electron chi connectivity index (χ0n) is 30.5. The van der Waals surface area contributed by atoms with E-state index in [1.54, 1.807) is 112 Å². The fourth-order valence-electron chi connectivity index (χ4n) is 5.14. The van der Waals surface area contributed by atoms with Gasteiger partial charge < -0.3 is 39.4 Å². The molecule has 278 valence electrons. The lowest BCUT2D eigenvalue weighted by Crippen LogP contribution is -2.46. The minimum atomic E-state index is -0.693.